The number of nitrogens with zero attached hydrogens (tertiary/aromatic N) is 1. The molecule has 0 aliphatic rings. The van der Waals surface area contributed by atoms with Gasteiger partial charge in [-0.3, -0.25) is 4.79 Å². The molecule has 1 amide bonds. The summed E-state index contributed by atoms with van der Waals surface area (Å²) in [7, 11) is 0. The number of pyridine rings is 1. The number of carbonyl (C=O) groups is 1. The van der Waals surface area contributed by atoms with Crippen molar-refractivity contribution in [3.63, 3.8) is 0 Å². The third kappa shape index (κ3) is 5.89. The Morgan fingerprint density at radius 1 is 1.14 bits per heavy atom. The minimum Gasteiger partial charge on any atom is -0.494 e. The van der Waals surface area contributed by atoms with Crippen LogP contribution in [0.25, 0.3) is 10.8 Å². The Morgan fingerprint density at radius 2 is 1.86 bits per heavy atom. The molecule has 1 aromatic heterocycles. The van der Waals surface area contributed by atoms with Gasteiger partial charge >= 0.3 is 6.09 Å². The van der Waals surface area contributed by atoms with Crippen LogP contribution in [0, 0.1) is 5.41 Å². The van der Waals surface area contributed by atoms with Gasteiger partial charge in [0.25, 0.3) is 5.56 Å². The van der Waals surface area contributed by atoms with E-state index in [1.165, 1.54) is 0 Å². The lowest BCUT2D eigenvalue weighted by Crippen LogP contribution is -2.31. The number of fused-ring (bicyclic) bond motifs is 1. The minimum absolute atomic E-state index is 0.142. The average Bonchev–Trinajstić information content (AvgIpc) is 2.63. The van der Waals surface area contributed by atoms with E-state index in [1.54, 1.807) is 22.8 Å². The number of unbranched alkanes of at least 4 members (excludes halogenated alkanes) is 1. The van der Waals surface area contributed by atoms with Crippen molar-refractivity contribution in [2.45, 2.75) is 60.6 Å². The zero-order valence-corrected chi connectivity index (χ0v) is 18.0. The van der Waals surface area contributed by atoms with Crippen LogP contribution in [-0.4, -0.2) is 23.9 Å². The summed E-state index contributed by atoms with van der Waals surface area (Å²) in [5.41, 5.74) is 5.36. The molecular weight excluding hydrogens is 372 g/mol. The maximum Gasteiger partial charge on any atom is 0.404 e. The molecule has 29 heavy (non-hydrogen) atoms. The molecule has 0 bridgehead atoms. The summed E-state index contributed by atoms with van der Waals surface area (Å²) in [5, 5.41) is 1.18. The van der Waals surface area contributed by atoms with E-state index in [0.29, 0.717) is 47.7 Å². The second-order valence-electron chi connectivity index (χ2n) is 8.18. The number of ether oxygens (including phenoxy) is 3. The van der Waals surface area contributed by atoms with Gasteiger partial charge in [-0.2, -0.15) is 0 Å². The summed E-state index contributed by atoms with van der Waals surface area (Å²) in [5.74, 6) is 1.18. The molecule has 0 saturated heterocycles. The van der Waals surface area contributed by atoms with Gasteiger partial charge in [0.15, 0.2) is 5.75 Å². The second-order valence-corrected chi connectivity index (χ2v) is 8.18. The van der Waals surface area contributed by atoms with Crippen LogP contribution in [0.1, 0.15) is 53.2 Å². The third-order valence-corrected chi connectivity index (χ3v) is 4.34. The normalized spacial score (nSPS) is 11.5. The highest BCUT2D eigenvalue weighted by atomic mass is 16.5. The van der Waals surface area contributed by atoms with Gasteiger partial charge in [-0.25, -0.2) is 4.79 Å². The zero-order valence-electron chi connectivity index (χ0n) is 18.0. The highest BCUT2D eigenvalue weighted by Crippen LogP contribution is 2.33. The van der Waals surface area contributed by atoms with E-state index in [-0.39, 0.29) is 17.6 Å². The molecule has 1 heterocycles. The molecule has 160 valence electrons. The Balaban J connectivity index is 2.77. The molecule has 0 fully saturated rings. The lowest BCUT2D eigenvalue weighted by atomic mass is 9.96. The van der Waals surface area contributed by atoms with E-state index < -0.39 is 6.09 Å². The van der Waals surface area contributed by atoms with Crippen LogP contribution in [0.2, 0.25) is 0 Å². The summed E-state index contributed by atoms with van der Waals surface area (Å²) >= 11 is 0. The fourth-order valence-electron chi connectivity index (χ4n) is 3.10. The highest BCUT2D eigenvalue weighted by molar-refractivity contribution is 5.89. The van der Waals surface area contributed by atoms with Gasteiger partial charge in [0.05, 0.1) is 18.6 Å². The lowest BCUT2D eigenvalue weighted by molar-refractivity contribution is 0.143. The van der Waals surface area contributed by atoms with Crippen molar-refractivity contribution in [3.05, 3.63) is 34.2 Å². The van der Waals surface area contributed by atoms with Gasteiger partial charge in [-0.15, -0.1) is 0 Å². The smallest absolute Gasteiger partial charge is 0.404 e. The number of aromatic nitrogens is 1. The number of benzene rings is 1. The second kappa shape index (κ2) is 9.67. The zero-order chi connectivity index (χ0) is 21.6. The van der Waals surface area contributed by atoms with Crippen molar-refractivity contribution in [3.8, 4) is 11.5 Å². The third-order valence-electron chi connectivity index (χ3n) is 4.34. The lowest BCUT2D eigenvalue weighted by Gasteiger charge is -2.25. The van der Waals surface area contributed by atoms with Gasteiger partial charge in [0, 0.05) is 11.9 Å². The Morgan fingerprint density at radius 3 is 2.45 bits per heavy atom. The average molecular weight is 405 g/mol. The monoisotopic (exact) mass is 404 g/mol. The van der Waals surface area contributed by atoms with Crippen LogP contribution >= 0.6 is 0 Å². The standard InChI is InChI=1S/C22H32N2O5/c1-6-8-11-28-19-17-12-15(27-7-2)9-10-16(17)20(25)24(14-22(3,4)5)18(19)13-29-21(23)26/h9-10,12H,6-8,11,13-14H2,1-5H3,(H2,23,26). The summed E-state index contributed by atoms with van der Waals surface area (Å²) in [6.45, 7) is 11.4. The molecule has 0 unspecified atom stereocenters. The number of amides is 1. The first-order valence-electron chi connectivity index (χ1n) is 10.0. The highest BCUT2D eigenvalue weighted by Gasteiger charge is 2.23. The van der Waals surface area contributed by atoms with Gasteiger partial charge in [0.2, 0.25) is 0 Å². The predicted molar refractivity (Wildman–Crippen MR) is 114 cm³/mol. The van der Waals surface area contributed by atoms with Crippen molar-refractivity contribution in [2.24, 2.45) is 11.1 Å². The fourth-order valence-corrected chi connectivity index (χ4v) is 3.10. The molecule has 0 spiro atoms. The number of nitrogens with two attached hydrogens (primary N) is 1. The molecule has 7 heteroatoms. The molecule has 7 nitrogen and oxygen atoms in total. The SMILES string of the molecule is CCCCOc1c(COC(N)=O)n(CC(C)(C)C)c(=O)c2ccc(OCC)cc12. The molecule has 2 aromatic rings. The van der Waals surface area contributed by atoms with Crippen LogP contribution < -0.4 is 20.8 Å². The minimum atomic E-state index is -0.901. The number of primary amides is 1. The number of rotatable bonds is 9. The van der Waals surface area contributed by atoms with Crippen molar-refractivity contribution in [2.75, 3.05) is 13.2 Å². The number of carbonyl (C=O) groups excluding carboxylic acids is 1. The summed E-state index contributed by atoms with van der Waals surface area (Å²) < 4.78 is 18.4. The van der Waals surface area contributed by atoms with Crippen LogP contribution in [-0.2, 0) is 17.9 Å². The van der Waals surface area contributed by atoms with Crippen molar-refractivity contribution < 1.29 is 19.0 Å². The van der Waals surface area contributed by atoms with Gasteiger partial charge in [0.1, 0.15) is 18.1 Å². The molecule has 2 rings (SSSR count). The van der Waals surface area contributed by atoms with E-state index >= 15 is 0 Å². The van der Waals surface area contributed by atoms with Crippen molar-refractivity contribution >= 4 is 16.9 Å². The van der Waals surface area contributed by atoms with Crippen LogP contribution in [0.4, 0.5) is 4.79 Å². The predicted octanol–water partition coefficient (Wildman–Crippen LogP) is 4.22. The first-order chi connectivity index (χ1) is 13.7. The largest absolute Gasteiger partial charge is 0.494 e. The number of hydrogen-bond donors (Lipinski definition) is 1. The summed E-state index contributed by atoms with van der Waals surface area (Å²) in [6.07, 6.45) is 0.931. The molecule has 1 aromatic carbocycles. The quantitative estimate of drug-likeness (QED) is 0.632. The van der Waals surface area contributed by atoms with E-state index in [0.717, 1.165) is 12.8 Å². The number of hydrogen-bond acceptors (Lipinski definition) is 5. The van der Waals surface area contributed by atoms with Crippen LogP contribution in [0.15, 0.2) is 23.0 Å². The summed E-state index contributed by atoms with van der Waals surface area (Å²) in [6, 6.07) is 5.34. The van der Waals surface area contributed by atoms with E-state index in [4.69, 9.17) is 19.9 Å². The van der Waals surface area contributed by atoms with Gasteiger partial charge in [-0.05, 0) is 37.0 Å². The Bertz CT molecular complexity index is 912. The Kier molecular flexibility index (Phi) is 7.53. The summed E-state index contributed by atoms with van der Waals surface area (Å²) in [4.78, 5) is 24.6. The van der Waals surface area contributed by atoms with Crippen molar-refractivity contribution in [1.29, 1.82) is 0 Å². The molecule has 0 atom stereocenters. The maximum absolute atomic E-state index is 13.3. The molecule has 0 aliphatic heterocycles. The van der Waals surface area contributed by atoms with Crippen LogP contribution in [0.3, 0.4) is 0 Å². The topological polar surface area (TPSA) is 92.8 Å². The van der Waals surface area contributed by atoms with E-state index in [2.05, 4.69) is 6.92 Å². The Hall–Kier alpha value is -2.70. The fraction of sp³-hybridized carbons (Fsp3) is 0.545. The molecule has 0 saturated carbocycles. The van der Waals surface area contributed by atoms with E-state index in [1.807, 2.05) is 27.7 Å². The molecule has 0 radical (unpaired) electrons. The first kappa shape index (κ1) is 22.6. The van der Waals surface area contributed by atoms with Gasteiger partial charge in [-0.1, -0.05) is 34.1 Å². The maximum atomic E-state index is 13.3. The Labute approximate surface area is 171 Å². The van der Waals surface area contributed by atoms with Crippen LogP contribution in [0.5, 0.6) is 11.5 Å². The molecular formula is C22H32N2O5. The van der Waals surface area contributed by atoms with Crippen molar-refractivity contribution in [1.82, 2.24) is 4.57 Å². The molecule has 2 N–H and O–H groups in total. The van der Waals surface area contributed by atoms with E-state index in [9.17, 15) is 9.59 Å². The van der Waals surface area contributed by atoms with Gasteiger partial charge < -0.3 is 24.5 Å². The first-order valence-corrected chi connectivity index (χ1v) is 10.0. The molecule has 0 aliphatic carbocycles.